The van der Waals surface area contributed by atoms with Crippen LogP contribution in [0.5, 0.6) is 5.75 Å². The summed E-state index contributed by atoms with van der Waals surface area (Å²) in [6, 6.07) is 7.78. The minimum absolute atomic E-state index is 0.0492. The Morgan fingerprint density at radius 2 is 2.00 bits per heavy atom. The molecule has 0 saturated heterocycles. The van der Waals surface area contributed by atoms with Crippen LogP contribution in [0.15, 0.2) is 24.3 Å². The van der Waals surface area contributed by atoms with E-state index in [1.165, 1.54) is 0 Å². The lowest BCUT2D eigenvalue weighted by molar-refractivity contribution is -0.126. The quantitative estimate of drug-likeness (QED) is 0.840. The van der Waals surface area contributed by atoms with E-state index in [9.17, 15) is 4.79 Å². The van der Waals surface area contributed by atoms with E-state index in [4.69, 9.17) is 11.2 Å². The van der Waals surface area contributed by atoms with Gasteiger partial charge in [0.2, 0.25) is 5.91 Å². The summed E-state index contributed by atoms with van der Waals surface area (Å²) < 4.78 is 5.16. The molecular weight excluding hydrogens is 238 g/mol. The van der Waals surface area contributed by atoms with Crippen molar-refractivity contribution in [2.24, 2.45) is 0 Å². The molecule has 1 amide bonds. The number of ether oxygens (including phenoxy) is 1. The van der Waals surface area contributed by atoms with Crippen LogP contribution in [-0.2, 0) is 10.2 Å². The third-order valence-electron chi connectivity index (χ3n) is 3.89. The molecule has 2 rings (SSSR count). The average molecular weight is 257 g/mol. The van der Waals surface area contributed by atoms with Gasteiger partial charge >= 0.3 is 0 Å². The van der Waals surface area contributed by atoms with Crippen LogP contribution in [0, 0.1) is 12.3 Å². The van der Waals surface area contributed by atoms with Crippen molar-refractivity contribution in [2.45, 2.75) is 31.1 Å². The maximum absolute atomic E-state index is 12.4. The van der Waals surface area contributed by atoms with E-state index in [1.54, 1.807) is 7.11 Å². The Hall–Kier alpha value is -1.95. The van der Waals surface area contributed by atoms with Crippen molar-refractivity contribution < 1.29 is 9.53 Å². The largest absolute Gasteiger partial charge is 0.497 e. The number of hydrogen-bond acceptors (Lipinski definition) is 2. The fraction of sp³-hybridized carbons (Fsp3) is 0.438. The van der Waals surface area contributed by atoms with Crippen molar-refractivity contribution in [3.05, 3.63) is 29.8 Å². The summed E-state index contributed by atoms with van der Waals surface area (Å²) in [6.45, 7) is 0.288. The molecule has 0 aliphatic heterocycles. The molecule has 1 aliphatic rings. The molecule has 0 bridgehead atoms. The monoisotopic (exact) mass is 257 g/mol. The van der Waals surface area contributed by atoms with E-state index >= 15 is 0 Å². The molecule has 1 aromatic carbocycles. The van der Waals surface area contributed by atoms with Crippen molar-refractivity contribution in [1.29, 1.82) is 0 Å². The van der Waals surface area contributed by atoms with E-state index in [-0.39, 0.29) is 12.5 Å². The number of nitrogens with one attached hydrogen (secondary N) is 1. The van der Waals surface area contributed by atoms with Crippen LogP contribution in [0.1, 0.15) is 31.2 Å². The standard InChI is InChI=1S/C16H19NO2/c1-3-12-17-15(18)16(10-4-5-11-16)13-6-8-14(19-2)9-7-13/h1,6-9H,4-5,10-12H2,2H3,(H,17,18). The first-order valence-corrected chi connectivity index (χ1v) is 6.59. The fourth-order valence-corrected chi connectivity index (χ4v) is 2.84. The second kappa shape index (κ2) is 5.79. The Morgan fingerprint density at radius 1 is 1.37 bits per heavy atom. The third-order valence-corrected chi connectivity index (χ3v) is 3.89. The number of methoxy groups -OCH3 is 1. The Morgan fingerprint density at radius 3 is 2.53 bits per heavy atom. The first-order chi connectivity index (χ1) is 9.23. The van der Waals surface area contributed by atoms with Gasteiger partial charge < -0.3 is 10.1 Å². The fourth-order valence-electron chi connectivity index (χ4n) is 2.84. The third kappa shape index (κ3) is 2.58. The van der Waals surface area contributed by atoms with Gasteiger partial charge in [0.05, 0.1) is 19.1 Å². The lowest BCUT2D eigenvalue weighted by atomic mass is 9.78. The highest BCUT2D eigenvalue weighted by atomic mass is 16.5. The Bertz CT molecular complexity index is 478. The molecule has 0 aromatic heterocycles. The molecule has 1 saturated carbocycles. The van der Waals surface area contributed by atoms with Crippen LogP contribution in [0.25, 0.3) is 0 Å². The van der Waals surface area contributed by atoms with E-state index in [0.717, 1.165) is 37.0 Å². The molecule has 0 heterocycles. The number of benzene rings is 1. The summed E-state index contributed by atoms with van der Waals surface area (Å²) >= 11 is 0. The van der Waals surface area contributed by atoms with Crippen molar-refractivity contribution in [3.8, 4) is 18.1 Å². The second-order valence-corrected chi connectivity index (χ2v) is 4.90. The molecule has 0 radical (unpaired) electrons. The van der Waals surface area contributed by atoms with Gasteiger partial charge in [-0.15, -0.1) is 6.42 Å². The van der Waals surface area contributed by atoms with E-state index in [1.807, 2.05) is 24.3 Å². The molecule has 1 aliphatic carbocycles. The lowest BCUT2D eigenvalue weighted by Crippen LogP contribution is -2.42. The summed E-state index contributed by atoms with van der Waals surface area (Å²) in [5.74, 6) is 3.31. The SMILES string of the molecule is C#CCNC(=O)C1(c2ccc(OC)cc2)CCCC1. The molecule has 3 nitrogen and oxygen atoms in total. The predicted octanol–water partition coefficient (Wildman–Crippen LogP) is 2.26. The lowest BCUT2D eigenvalue weighted by Gasteiger charge is -2.28. The number of hydrogen-bond donors (Lipinski definition) is 1. The van der Waals surface area contributed by atoms with Crippen molar-refractivity contribution in [1.82, 2.24) is 5.32 Å². The van der Waals surface area contributed by atoms with Gasteiger partial charge in [-0.05, 0) is 30.5 Å². The molecule has 3 heteroatoms. The number of rotatable bonds is 4. The zero-order valence-corrected chi connectivity index (χ0v) is 11.2. The first-order valence-electron chi connectivity index (χ1n) is 6.59. The van der Waals surface area contributed by atoms with Gasteiger partial charge in [0, 0.05) is 0 Å². The van der Waals surface area contributed by atoms with Crippen LogP contribution in [-0.4, -0.2) is 19.6 Å². The zero-order chi connectivity index (χ0) is 13.7. The molecule has 100 valence electrons. The highest BCUT2D eigenvalue weighted by Crippen LogP contribution is 2.41. The van der Waals surface area contributed by atoms with Crippen molar-refractivity contribution in [2.75, 3.05) is 13.7 Å². The Kier molecular flexibility index (Phi) is 4.11. The van der Waals surface area contributed by atoms with E-state index in [0.29, 0.717) is 0 Å². The van der Waals surface area contributed by atoms with Crippen molar-refractivity contribution >= 4 is 5.91 Å². The summed E-state index contributed by atoms with van der Waals surface area (Å²) in [5, 5.41) is 2.84. The number of amides is 1. The van der Waals surface area contributed by atoms with Gasteiger partial charge in [-0.1, -0.05) is 30.9 Å². The van der Waals surface area contributed by atoms with E-state index < -0.39 is 5.41 Å². The minimum Gasteiger partial charge on any atom is -0.497 e. The minimum atomic E-state index is -0.414. The zero-order valence-electron chi connectivity index (χ0n) is 11.2. The molecule has 0 unspecified atom stereocenters. The number of carbonyl (C=O) groups excluding carboxylic acids is 1. The smallest absolute Gasteiger partial charge is 0.231 e. The summed E-state index contributed by atoms with van der Waals surface area (Å²) in [5.41, 5.74) is 0.642. The topological polar surface area (TPSA) is 38.3 Å². The molecule has 19 heavy (non-hydrogen) atoms. The normalized spacial score (nSPS) is 16.6. The van der Waals surface area contributed by atoms with Gasteiger partial charge in [0.25, 0.3) is 0 Å². The van der Waals surface area contributed by atoms with Gasteiger partial charge in [-0.25, -0.2) is 0 Å². The summed E-state index contributed by atoms with van der Waals surface area (Å²) in [6.07, 6.45) is 9.14. The predicted molar refractivity (Wildman–Crippen MR) is 75.0 cm³/mol. The van der Waals surface area contributed by atoms with Gasteiger partial charge in [0.1, 0.15) is 5.75 Å². The summed E-state index contributed by atoms with van der Waals surface area (Å²) in [7, 11) is 1.64. The van der Waals surface area contributed by atoms with Crippen LogP contribution in [0.2, 0.25) is 0 Å². The van der Waals surface area contributed by atoms with Crippen LogP contribution < -0.4 is 10.1 Å². The molecule has 1 aromatic rings. The van der Waals surface area contributed by atoms with Crippen LogP contribution in [0.3, 0.4) is 0 Å². The van der Waals surface area contributed by atoms with Gasteiger partial charge in [0.15, 0.2) is 0 Å². The number of terminal acetylenes is 1. The van der Waals surface area contributed by atoms with Gasteiger partial charge in [-0.2, -0.15) is 0 Å². The van der Waals surface area contributed by atoms with Gasteiger partial charge in [-0.3, -0.25) is 4.79 Å². The highest BCUT2D eigenvalue weighted by Gasteiger charge is 2.42. The molecule has 0 spiro atoms. The molecule has 1 N–H and O–H groups in total. The first kappa shape index (κ1) is 13.5. The van der Waals surface area contributed by atoms with Crippen molar-refractivity contribution in [3.63, 3.8) is 0 Å². The Balaban J connectivity index is 2.28. The number of carbonyl (C=O) groups is 1. The highest BCUT2D eigenvalue weighted by molar-refractivity contribution is 5.88. The maximum atomic E-state index is 12.4. The molecule has 0 atom stereocenters. The van der Waals surface area contributed by atoms with E-state index in [2.05, 4.69) is 11.2 Å². The summed E-state index contributed by atoms with van der Waals surface area (Å²) in [4.78, 5) is 12.4. The van der Waals surface area contributed by atoms with Crippen LogP contribution >= 0.6 is 0 Å². The Labute approximate surface area is 114 Å². The van der Waals surface area contributed by atoms with Crippen LogP contribution in [0.4, 0.5) is 0 Å². The average Bonchev–Trinajstić information content (AvgIpc) is 2.95. The molecule has 1 fully saturated rings. The maximum Gasteiger partial charge on any atom is 0.231 e. The molecular formula is C16H19NO2. The second-order valence-electron chi connectivity index (χ2n) is 4.90.